The standard InChI is InChI=1S/C17H16O2/c1-12-6-5-8-14(13(12)2)10-11-15-7-3-4-9-16(15)17(18)19/h3-11H,1-2H3,(H,18,19)/b11-10+. The second-order valence-electron chi connectivity index (χ2n) is 4.51. The summed E-state index contributed by atoms with van der Waals surface area (Å²) in [6.45, 7) is 4.13. The molecule has 0 saturated carbocycles. The molecule has 2 aromatic carbocycles. The number of hydrogen-bond acceptors (Lipinski definition) is 1. The summed E-state index contributed by atoms with van der Waals surface area (Å²) in [6, 6.07) is 13.1. The molecule has 0 aromatic heterocycles. The molecule has 0 atom stereocenters. The molecule has 0 heterocycles. The van der Waals surface area contributed by atoms with Gasteiger partial charge in [-0.1, -0.05) is 48.6 Å². The van der Waals surface area contributed by atoms with Gasteiger partial charge in [-0.3, -0.25) is 0 Å². The van der Waals surface area contributed by atoms with E-state index in [1.165, 1.54) is 11.1 Å². The molecule has 0 fully saturated rings. The van der Waals surface area contributed by atoms with Gasteiger partial charge in [-0.05, 0) is 42.2 Å². The van der Waals surface area contributed by atoms with Crippen molar-refractivity contribution < 1.29 is 9.90 Å². The van der Waals surface area contributed by atoms with Crippen LogP contribution < -0.4 is 0 Å². The number of rotatable bonds is 3. The SMILES string of the molecule is Cc1cccc(/C=C/c2ccccc2C(=O)O)c1C. The lowest BCUT2D eigenvalue weighted by atomic mass is 10.0. The van der Waals surface area contributed by atoms with Gasteiger partial charge in [0.05, 0.1) is 5.56 Å². The molecule has 0 saturated heterocycles. The third-order valence-corrected chi connectivity index (χ3v) is 3.28. The zero-order valence-corrected chi connectivity index (χ0v) is 11.1. The van der Waals surface area contributed by atoms with Gasteiger partial charge < -0.3 is 5.11 Å². The Balaban J connectivity index is 2.38. The van der Waals surface area contributed by atoms with Crippen molar-refractivity contribution in [3.05, 3.63) is 70.3 Å². The Morgan fingerprint density at radius 2 is 1.58 bits per heavy atom. The summed E-state index contributed by atoms with van der Waals surface area (Å²) >= 11 is 0. The Labute approximate surface area is 113 Å². The molecule has 0 aliphatic rings. The van der Waals surface area contributed by atoms with Gasteiger partial charge in [0.2, 0.25) is 0 Å². The van der Waals surface area contributed by atoms with Gasteiger partial charge in [0.25, 0.3) is 0 Å². The summed E-state index contributed by atoms with van der Waals surface area (Å²) in [6.07, 6.45) is 3.81. The average molecular weight is 252 g/mol. The van der Waals surface area contributed by atoms with Gasteiger partial charge in [0, 0.05) is 0 Å². The van der Waals surface area contributed by atoms with Gasteiger partial charge in [-0.15, -0.1) is 0 Å². The fourth-order valence-corrected chi connectivity index (χ4v) is 1.97. The molecule has 96 valence electrons. The predicted molar refractivity (Wildman–Crippen MR) is 78.2 cm³/mol. The van der Waals surface area contributed by atoms with Crippen molar-refractivity contribution in [1.29, 1.82) is 0 Å². The molecule has 2 rings (SSSR count). The quantitative estimate of drug-likeness (QED) is 0.832. The lowest BCUT2D eigenvalue weighted by molar-refractivity contribution is 0.0696. The molecule has 0 radical (unpaired) electrons. The third-order valence-electron chi connectivity index (χ3n) is 3.28. The van der Waals surface area contributed by atoms with Crippen LogP contribution in [0.1, 0.15) is 32.6 Å². The Bertz CT molecular complexity index is 639. The minimum Gasteiger partial charge on any atom is -0.478 e. The van der Waals surface area contributed by atoms with E-state index in [1.807, 2.05) is 36.4 Å². The molecule has 0 amide bonds. The van der Waals surface area contributed by atoms with Gasteiger partial charge in [-0.25, -0.2) is 4.79 Å². The molecule has 0 spiro atoms. The molecule has 0 aliphatic carbocycles. The number of hydrogen-bond donors (Lipinski definition) is 1. The molecule has 0 unspecified atom stereocenters. The number of carboxylic acids is 1. The van der Waals surface area contributed by atoms with E-state index < -0.39 is 5.97 Å². The Hall–Kier alpha value is -2.35. The van der Waals surface area contributed by atoms with Crippen LogP contribution >= 0.6 is 0 Å². The molecule has 0 aliphatic heterocycles. The molecule has 2 aromatic rings. The van der Waals surface area contributed by atoms with Crippen LogP contribution in [0, 0.1) is 13.8 Å². The zero-order valence-electron chi connectivity index (χ0n) is 11.1. The number of aromatic carboxylic acids is 1. The van der Waals surface area contributed by atoms with Gasteiger partial charge in [0.15, 0.2) is 0 Å². The van der Waals surface area contributed by atoms with Crippen LogP contribution in [0.4, 0.5) is 0 Å². The maximum absolute atomic E-state index is 11.1. The smallest absolute Gasteiger partial charge is 0.336 e. The summed E-state index contributed by atoms with van der Waals surface area (Å²) in [5.41, 5.74) is 4.60. The second-order valence-corrected chi connectivity index (χ2v) is 4.51. The van der Waals surface area contributed by atoms with Gasteiger partial charge >= 0.3 is 5.97 Å². The predicted octanol–water partition coefficient (Wildman–Crippen LogP) is 4.17. The van der Waals surface area contributed by atoms with E-state index in [0.717, 1.165) is 11.1 Å². The van der Waals surface area contributed by atoms with E-state index in [0.29, 0.717) is 5.56 Å². The molecule has 2 heteroatoms. The molecule has 1 N–H and O–H groups in total. The van der Waals surface area contributed by atoms with Crippen LogP contribution in [0.15, 0.2) is 42.5 Å². The van der Waals surface area contributed by atoms with Crippen molar-refractivity contribution in [2.45, 2.75) is 13.8 Å². The van der Waals surface area contributed by atoms with Crippen molar-refractivity contribution in [2.75, 3.05) is 0 Å². The Kier molecular flexibility index (Phi) is 3.81. The lowest BCUT2D eigenvalue weighted by Crippen LogP contribution is -1.98. The first-order valence-electron chi connectivity index (χ1n) is 6.16. The summed E-state index contributed by atoms with van der Waals surface area (Å²) in [7, 11) is 0. The second kappa shape index (κ2) is 5.53. The fraction of sp³-hybridized carbons (Fsp3) is 0.118. The fourth-order valence-electron chi connectivity index (χ4n) is 1.97. The van der Waals surface area contributed by atoms with Crippen LogP contribution in [0.2, 0.25) is 0 Å². The van der Waals surface area contributed by atoms with Crippen LogP contribution in [0.3, 0.4) is 0 Å². The van der Waals surface area contributed by atoms with E-state index in [2.05, 4.69) is 19.9 Å². The number of carboxylic acid groups (broad SMARTS) is 1. The molecular weight excluding hydrogens is 236 g/mol. The van der Waals surface area contributed by atoms with Crippen LogP contribution in [0.25, 0.3) is 12.2 Å². The number of carbonyl (C=O) groups is 1. The van der Waals surface area contributed by atoms with E-state index in [-0.39, 0.29) is 0 Å². The number of aryl methyl sites for hydroxylation is 1. The third kappa shape index (κ3) is 2.91. The highest BCUT2D eigenvalue weighted by Gasteiger charge is 2.06. The van der Waals surface area contributed by atoms with Crippen molar-refractivity contribution in [3.8, 4) is 0 Å². The topological polar surface area (TPSA) is 37.3 Å². The van der Waals surface area contributed by atoms with Gasteiger partial charge in [-0.2, -0.15) is 0 Å². The highest BCUT2D eigenvalue weighted by Crippen LogP contribution is 2.17. The zero-order chi connectivity index (χ0) is 13.8. The Morgan fingerprint density at radius 3 is 2.32 bits per heavy atom. The minimum absolute atomic E-state index is 0.323. The first kappa shape index (κ1) is 13.1. The van der Waals surface area contributed by atoms with Crippen molar-refractivity contribution in [2.24, 2.45) is 0 Å². The monoisotopic (exact) mass is 252 g/mol. The molecule has 2 nitrogen and oxygen atoms in total. The van der Waals surface area contributed by atoms with E-state index in [4.69, 9.17) is 5.11 Å². The maximum Gasteiger partial charge on any atom is 0.336 e. The van der Waals surface area contributed by atoms with Crippen LogP contribution in [0.5, 0.6) is 0 Å². The summed E-state index contributed by atoms with van der Waals surface area (Å²) in [4.78, 5) is 11.1. The van der Waals surface area contributed by atoms with Crippen molar-refractivity contribution in [1.82, 2.24) is 0 Å². The van der Waals surface area contributed by atoms with Crippen LogP contribution in [-0.2, 0) is 0 Å². The summed E-state index contributed by atoms with van der Waals surface area (Å²) in [5, 5.41) is 9.13. The largest absolute Gasteiger partial charge is 0.478 e. The average Bonchev–Trinajstić information content (AvgIpc) is 2.40. The molecular formula is C17H16O2. The van der Waals surface area contributed by atoms with E-state index in [1.54, 1.807) is 12.1 Å². The first-order valence-corrected chi connectivity index (χ1v) is 6.16. The first-order chi connectivity index (χ1) is 9.09. The molecule has 19 heavy (non-hydrogen) atoms. The van der Waals surface area contributed by atoms with E-state index >= 15 is 0 Å². The lowest BCUT2D eigenvalue weighted by Gasteiger charge is -2.04. The van der Waals surface area contributed by atoms with Crippen molar-refractivity contribution in [3.63, 3.8) is 0 Å². The Morgan fingerprint density at radius 1 is 0.947 bits per heavy atom. The highest BCUT2D eigenvalue weighted by molar-refractivity contribution is 5.93. The number of benzene rings is 2. The summed E-state index contributed by atoms with van der Waals surface area (Å²) < 4.78 is 0. The highest BCUT2D eigenvalue weighted by atomic mass is 16.4. The van der Waals surface area contributed by atoms with Gasteiger partial charge in [0.1, 0.15) is 0 Å². The maximum atomic E-state index is 11.1. The normalized spacial score (nSPS) is 10.8. The molecule has 0 bridgehead atoms. The summed E-state index contributed by atoms with van der Waals surface area (Å²) in [5.74, 6) is -0.902. The van der Waals surface area contributed by atoms with Crippen LogP contribution in [-0.4, -0.2) is 11.1 Å². The van der Waals surface area contributed by atoms with E-state index in [9.17, 15) is 4.79 Å². The van der Waals surface area contributed by atoms with Crippen molar-refractivity contribution >= 4 is 18.1 Å². The minimum atomic E-state index is -0.902.